The molecule has 59 heavy (non-hydrogen) atoms. The van der Waals surface area contributed by atoms with Gasteiger partial charge >= 0.3 is 17.9 Å². The summed E-state index contributed by atoms with van der Waals surface area (Å²) < 4.78 is 0. The number of nitrogens with two attached hydrogens (primary N) is 1. The highest BCUT2D eigenvalue weighted by atomic mass is 32.2. The summed E-state index contributed by atoms with van der Waals surface area (Å²) in [7, 11) is 0. The molecule has 24 heteroatoms. The largest absolute Gasteiger partial charge is 0.480 e. The van der Waals surface area contributed by atoms with E-state index < -0.39 is 102 Å². The fraction of sp³-hybridized carbons (Fsp3) is 0.400. The Hall–Kier alpha value is -6.98. The molecule has 3 heterocycles. The lowest BCUT2D eigenvalue weighted by atomic mass is 10.1. The van der Waals surface area contributed by atoms with E-state index in [0.717, 1.165) is 16.7 Å². The van der Waals surface area contributed by atoms with Crippen LogP contribution in [0.2, 0.25) is 0 Å². The van der Waals surface area contributed by atoms with Crippen LogP contribution in [0.4, 0.5) is 11.6 Å². The van der Waals surface area contributed by atoms with Gasteiger partial charge in [-0.05, 0) is 44.0 Å². The molecule has 0 bridgehead atoms. The summed E-state index contributed by atoms with van der Waals surface area (Å²) in [5.74, 6) is -8.73. The second kappa shape index (κ2) is 20.4. The monoisotopic (exact) mass is 840 g/mol. The van der Waals surface area contributed by atoms with Crippen molar-refractivity contribution in [2.24, 2.45) is 0 Å². The lowest BCUT2D eigenvalue weighted by Gasteiger charge is -2.18. The van der Waals surface area contributed by atoms with Gasteiger partial charge in [-0.3, -0.25) is 43.4 Å². The van der Waals surface area contributed by atoms with Crippen LogP contribution in [0.15, 0.2) is 35.3 Å². The number of carboxylic acids is 3. The Labute approximate surface area is 337 Å². The first kappa shape index (κ1) is 44.7. The number of H-pyrrole nitrogens is 1. The number of ketones is 1. The number of amides is 5. The van der Waals surface area contributed by atoms with Crippen LogP contribution in [-0.2, 0) is 44.9 Å². The van der Waals surface area contributed by atoms with Gasteiger partial charge in [-0.15, -0.1) is 11.8 Å². The van der Waals surface area contributed by atoms with Crippen LogP contribution in [0.25, 0.3) is 11.2 Å². The van der Waals surface area contributed by atoms with Crippen molar-refractivity contribution in [1.29, 1.82) is 0 Å². The minimum atomic E-state index is -1.62. The molecular formula is C35H40N10O13S. The van der Waals surface area contributed by atoms with Crippen LogP contribution in [0.1, 0.15) is 61.5 Å². The van der Waals surface area contributed by atoms with E-state index in [2.05, 4.69) is 41.2 Å². The van der Waals surface area contributed by atoms with E-state index in [1.165, 1.54) is 37.4 Å². The van der Waals surface area contributed by atoms with Gasteiger partial charge < -0.3 is 42.3 Å². The van der Waals surface area contributed by atoms with Gasteiger partial charge in [-0.1, -0.05) is 0 Å². The van der Waals surface area contributed by atoms with Gasteiger partial charge in [0.25, 0.3) is 11.5 Å². The average Bonchev–Trinajstić information content (AvgIpc) is 3.45. The number of likely N-dealkylation sites (tertiary alicyclic amines) is 1. The van der Waals surface area contributed by atoms with Crippen LogP contribution in [0.3, 0.4) is 0 Å². The number of carbonyl (C=O) groups excluding carboxylic acids is 6. The number of benzene rings is 1. The van der Waals surface area contributed by atoms with Crippen molar-refractivity contribution in [3.63, 3.8) is 0 Å². The topological polar surface area (TPSA) is 363 Å². The first-order valence-electron chi connectivity index (χ1n) is 17.8. The number of hydrogen-bond acceptors (Lipinski definition) is 16. The SMILES string of the molecule is CC(=O)CCN1C(=O)CC(SCC(NC(=O)CCC(NC(=O)CCC(NC(=O)c2ccc(NCc3cnc4nc(N)[nH]c(=O)c4n3)cc2)C(=O)O)C(=O)O)C(=O)O)C1=O. The first-order valence-corrected chi connectivity index (χ1v) is 18.8. The molecule has 1 saturated heterocycles. The summed E-state index contributed by atoms with van der Waals surface area (Å²) in [4.78, 5) is 137. The van der Waals surface area contributed by atoms with Crippen LogP contribution in [-0.4, -0.2) is 129 Å². The lowest BCUT2D eigenvalue weighted by molar-refractivity contribution is -0.143. The van der Waals surface area contributed by atoms with Crippen molar-refractivity contribution < 1.29 is 58.5 Å². The number of hydrogen-bond donors (Lipinski definition) is 9. The Kier molecular flexibility index (Phi) is 15.5. The molecule has 314 valence electrons. The van der Waals surface area contributed by atoms with Crippen LogP contribution in [0, 0.1) is 0 Å². The van der Waals surface area contributed by atoms with Gasteiger partial charge in [-0.25, -0.2) is 24.4 Å². The fourth-order valence-corrected chi connectivity index (χ4v) is 6.68. The summed E-state index contributed by atoms with van der Waals surface area (Å²) in [6.07, 6.45) is -0.802. The van der Waals surface area contributed by atoms with Crippen LogP contribution >= 0.6 is 11.8 Å². The minimum absolute atomic E-state index is 0.00346. The normalized spacial score (nSPS) is 15.2. The average molecular weight is 841 g/mol. The predicted molar refractivity (Wildman–Crippen MR) is 206 cm³/mol. The highest BCUT2D eigenvalue weighted by Crippen LogP contribution is 2.26. The van der Waals surface area contributed by atoms with Gasteiger partial charge in [0.1, 0.15) is 23.9 Å². The molecule has 0 aliphatic carbocycles. The maximum atomic E-state index is 12.8. The molecular weight excluding hydrogens is 801 g/mol. The number of aliphatic carboxylic acids is 3. The molecule has 23 nitrogen and oxygen atoms in total. The molecule has 4 atom stereocenters. The molecule has 1 fully saturated rings. The number of anilines is 2. The first-order chi connectivity index (χ1) is 27.9. The molecule has 0 saturated carbocycles. The second-order valence-electron chi connectivity index (χ2n) is 13.1. The van der Waals surface area contributed by atoms with Gasteiger partial charge in [0.15, 0.2) is 11.2 Å². The van der Waals surface area contributed by atoms with Gasteiger partial charge in [0.05, 0.1) is 23.7 Å². The van der Waals surface area contributed by atoms with Crippen molar-refractivity contribution in [3.8, 4) is 0 Å². The summed E-state index contributed by atoms with van der Waals surface area (Å²) >= 11 is 0.834. The number of imide groups is 1. The summed E-state index contributed by atoms with van der Waals surface area (Å²) in [6, 6.07) is 1.20. The number of nitrogens with one attached hydrogen (secondary N) is 5. The van der Waals surface area contributed by atoms with Gasteiger partial charge in [-0.2, -0.15) is 4.98 Å². The zero-order chi connectivity index (χ0) is 43.4. The van der Waals surface area contributed by atoms with E-state index in [-0.39, 0.29) is 60.1 Å². The van der Waals surface area contributed by atoms with E-state index in [1.807, 2.05) is 0 Å². The van der Waals surface area contributed by atoms with E-state index in [0.29, 0.717) is 11.4 Å². The molecule has 10 N–H and O–H groups in total. The van der Waals surface area contributed by atoms with Crippen molar-refractivity contribution >= 4 is 87.8 Å². The highest BCUT2D eigenvalue weighted by Gasteiger charge is 2.39. The smallest absolute Gasteiger partial charge is 0.327 e. The molecule has 0 radical (unpaired) electrons. The number of carbonyl (C=O) groups is 9. The van der Waals surface area contributed by atoms with Crippen molar-refractivity contribution in [1.82, 2.24) is 40.8 Å². The molecule has 3 aromatic rings. The maximum absolute atomic E-state index is 12.8. The van der Waals surface area contributed by atoms with Crippen LogP contribution in [0.5, 0.6) is 0 Å². The number of thioether (sulfide) groups is 1. The third-order valence-electron chi connectivity index (χ3n) is 8.65. The Morgan fingerprint density at radius 2 is 1.46 bits per heavy atom. The second-order valence-corrected chi connectivity index (χ2v) is 14.4. The maximum Gasteiger partial charge on any atom is 0.327 e. The molecule has 1 aliphatic rings. The molecule has 2 aromatic heterocycles. The minimum Gasteiger partial charge on any atom is -0.480 e. The number of Topliss-reactive ketones (excluding diaryl/α,β-unsaturated/α-hetero) is 1. The Morgan fingerprint density at radius 3 is 2.05 bits per heavy atom. The molecule has 5 amide bonds. The molecule has 4 rings (SSSR count). The fourth-order valence-electron chi connectivity index (χ4n) is 5.50. The zero-order valence-electron chi connectivity index (χ0n) is 31.3. The Balaban J connectivity index is 1.21. The molecule has 1 aromatic carbocycles. The quantitative estimate of drug-likeness (QED) is 0.0527. The van der Waals surface area contributed by atoms with E-state index in [1.54, 1.807) is 0 Å². The number of nitrogens with zero attached hydrogens (tertiary/aromatic N) is 4. The van der Waals surface area contributed by atoms with Crippen molar-refractivity contribution in [2.45, 2.75) is 75.4 Å². The number of aromatic nitrogens is 4. The third-order valence-corrected chi connectivity index (χ3v) is 9.95. The number of carboxylic acid groups (broad SMARTS) is 3. The number of nitrogen functional groups attached to an aromatic ring is 1. The van der Waals surface area contributed by atoms with Gasteiger partial charge in [0.2, 0.25) is 29.6 Å². The lowest BCUT2D eigenvalue weighted by Crippen LogP contribution is -2.45. The highest BCUT2D eigenvalue weighted by molar-refractivity contribution is 8.00. The number of fused-ring (bicyclic) bond motifs is 1. The van der Waals surface area contributed by atoms with E-state index in [9.17, 15) is 63.3 Å². The summed E-state index contributed by atoms with van der Waals surface area (Å²) in [6.45, 7) is 1.36. The van der Waals surface area contributed by atoms with E-state index >= 15 is 0 Å². The number of aromatic amines is 1. The Morgan fingerprint density at radius 1 is 0.864 bits per heavy atom. The van der Waals surface area contributed by atoms with E-state index in [4.69, 9.17) is 5.73 Å². The molecule has 4 unspecified atom stereocenters. The molecule has 1 aliphatic heterocycles. The van der Waals surface area contributed by atoms with Crippen molar-refractivity contribution in [2.75, 3.05) is 23.3 Å². The number of rotatable bonds is 22. The molecule has 0 spiro atoms. The Bertz CT molecular complexity index is 2200. The summed E-state index contributed by atoms with van der Waals surface area (Å²) in [5, 5.41) is 37.7. The predicted octanol–water partition coefficient (Wildman–Crippen LogP) is -1.37. The third kappa shape index (κ3) is 13.0. The zero-order valence-corrected chi connectivity index (χ0v) is 32.1. The standard InChI is InChI=1S/C35H40N10O13S/c1-16(46)10-11-45-26(49)12-23(31(45)52)59-15-22(34(57)58)41-25(48)8-6-20(32(53)54)40-24(47)9-7-21(33(55)56)42-29(50)17-2-4-18(5-3-17)37-13-19-14-38-28-27(39-19)30(51)44-35(36)43-28/h2-5,14,20-23,37H,6-13,15H2,1H3,(H,40,47)(H,41,48)(H,42,50)(H,53,54)(H,55,56)(H,57,58)(H3,36,38,43,44,51). The van der Waals surface area contributed by atoms with Gasteiger partial charge in [0, 0.05) is 49.2 Å². The van der Waals surface area contributed by atoms with Crippen molar-refractivity contribution in [3.05, 3.63) is 52.1 Å². The van der Waals surface area contributed by atoms with Crippen LogP contribution < -0.4 is 32.6 Å². The summed E-state index contributed by atoms with van der Waals surface area (Å²) in [5.41, 5.74) is 6.05.